The number of halogens is 1. The highest BCUT2D eigenvalue weighted by Crippen LogP contribution is 2.20. The summed E-state index contributed by atoms with van der Waals surface area (Å²) in [4.78, 5) is 12.5. The average Bonchev–Trinajstić information content (AvgIpc) is 2.33. The second kappa shape index (κ2) is 3.24. The predicted molar refractivity (Wildman–Crippen MR) is 41.3 cm³/mol. The fraction of sp³-hybridized carbons (Fsp3) is 0.857. The van der Waals surface area contributed by atoms with Crippen LogP contribution >= 0.6 is 11.6 Å². The van der Waals surface area contributed by atoms with Gasteiger partial charge in [0, 0.05) is 12.6 Å². The molecule has 1 fully saturated rings. The van der Waals surface area contributed by atoms with Crippen molar-refractivity contribution in [3.05, 3.63) is 0 Å². The van der Waals surface area contributed by atoms with Crippen LogP contribution in [0.25, 0.3) is 0 Å². The maximum atomic E-state index is 10.7. The molecule has 1 aliphatic heterocycles. The van der Waals surface area contributed by atoms with Gasteiger partial charge in [-0.1, -0.05) is 6.92 Å². The van der Waals surface area contributed by atoms with E-state index >= 15 is 0 Å². The molecule has 1 aliphatic rings. The summed E-state index contributed by atoms with van der Waals surface area (Å²) in [6.07, 6.45) is 3.25. The van der Waals surface area contributed by atoms with Gasteiger partial charge in [-0.05, 0) is 30.9 Å². The molecule has 1 atom stereocenters. The molecule has 1 saturated heterocycles. The first-order chi connectivity index (χ1) is 4.75. The highest BCUT2D eigenvalue weighted by Gasteiger charge is 2.25. The fourth-order valence-electron chi connectivity index (χ4n) is 1.49. The molecular formula is C7H12ClNO. The molecule has 0 aromatic heterocycles. The molecule has 1 amide bonds. The minimum absolute atomic E-state index is 0.288. The van der Waals surface area contributed by atoms with Crippen LogP contribution in [0.2, 0.25) is 0 Å². The zero-order valence-electron chi connectivity index (χ0n) is 6.14. The summed E-state index contributed by atoms with van der Waals surface area (Å²) in [5, 5.41) is -0.288. The van der Waals surface area contributed by atoms with Gasteiger partial charge in [0.2, 0.25) is 0 Å². The molecule has 1 unspecified atom stereocenters. The first-order valence-electron chi connectivity index (χ1n) is 3.71. The van der Waals surface area contributed by atoms with E-state index in [2.05, 4.69) is 6.92 Å². The molecule has 0 saturated carbocycles. The van der Waals surface area contributed by atoms with E-state index < -0.39 is 0 Å². The van der Waals surface area contributed by atoms with Gasteiger partial charge in [0.1, 0.15) is 0 Å². The van der Waals surface area contributed by atoms with Crippen molar-refractivity contribution >= 4 is 17.0 Å². The third-order valence-corrected chi connectivity index (χ3v) is 2.29. The molecule has 0 spiro atoms. The molecule has 2 nitrogen and oxygen atoms in total. The van der Waals surface area contributed by atoms with Gasteiger partial charge in [-0.15, -0.1) is 0 Å². The Labute approximate surface area is 66.1 Å². The van der Waals surface area contributed by atoms with Crippen molar-refractivity contribution in [1.29, 1.82) is 0 Å². The van der Waals surface area contributed by atoms with Gasteiger partial charge in [-0.25, -0.2) is 0 Å². The van der Waals surface area contributed by atoms with Gasteiger partial charge in [0.05, 0.1) is 0 Å². The zero-order valence-corrected chi connectivity index (χ0v) is 6.90. The van der Waals surface area contributed by atoms with E-state index in [0.29, 0.717) is 6.04 Å². The standard InChI is InChI=1S/C7H12ClNO/c1-2-6-4-3-5-9(6)7(8)10/h6H,2-5H2,1H3. The van der Waals surface area contributed by atoms with Crippen molar-refractivity contribution in [2.24, 2.45) is 0 Å². The van der Waals surface area contributed by atoms with Crippen molar-refractivity contribution in [1.82, 2.24) is 4.90 Å². The topological polar surface area (TPSA) is 20.3 Å². The van der Waals surface area contributed by atoms with Gasteiger partial charge in [0.25, 0.3) is 0 Å². The molecule has 0 bridgehead atoms. The average molecular weight is 162 g/mol. The zero-order chi connectivity index (χ0) is 7.56. The molecule has 1 heterocycles. The largest absolute Gasteiger partial charge is 0.326 e. The van der Waals surface area contributed by atoms with Crippen LogP contribution in [-0.2, 0) is 0 Å². The maximum absolute atomic E-state index is 10.7. The maximum Gasteiger partial charge on any atom is 0.316 e. The lowest BCUT2D eigenvalue weighted by Crippen LogP contribution is -2.30. The highest BCUT2D eigenvalue weighted by molar-refractivity contribution is 6.62. The Bertz CT molecular complexity index is 138. The Morgan fingerprint density at radius 1 is 1.80 bits per heavy atom. The summed E-state index contributed by atoms with van der Waals surface area (Å²) in [5.74, 6) is 0. The summed E-state index contributed by atoms with van der Waals surface area (Å²) >= 11 is 5.34. The smallest absolute Gasteiger partial charge is 0.316 e. The van der Waals surface area contributed by atoms with E-state index in [0.717, 1.165) is 25.8 Å². The van der Waals surface area contributed by atoms with E-state index in [-0.39, 0.29) is 5.37 Å². The SMILES string of the molecule is CCC1CCCN1C(=O)Cl. The molecular weight excluding hydrogens is 150 g/mol. The van der Waals surface area contributed by atoms with Crippen molar-refractivity contribution < 1.29 is 4.79 Å². The lowest BCUT2D eigenvalue weighted by atomic mass is 10.2. The van der Waals surface area contributed by atoms with E-state index in [4.69, 9.17) is 11.6 Å². The lowest BCUT2D eigenvalue weighted by Gasteiger charge is -2.19. The minimum atomic E-state index is -0.288. The van der Waals surface area contributed by atoms with Crippen molar-refractivity contribution in [2.45, 2.75) is 32.2 Å². The van der Waals surface area contributed by atoms with Crippen LogP contribution in [0.3, 0.4) is 0 Å². The second-order valence-corrected chi connectivity index (χ2v) is 2.97. The summed E-state index contributed by atoms with van der Waals surface area (Å²) in [6.45, 7) is 2.93. The van der Waals surface area contributed by atoms with Crippen molar-refractivity contribution in [3.8, 4) is 0 Å². The lowest BCUT2D eigenvalue weighted by molar-refractivity contribution is 0.215. The molecule has 0 aromatic carbocycles. The first-order valence-corrected chi connectivity index (χ1v) is 4.09. The van der Waals surface area contributed by atoms with Gasteiger partial charge in [0.15, 0.2) is 0 Å². The number of rotatable bonds is 1. The van der Waals surface area contributed by atoms with Crippen molar-refractivity contribution in [2.75, 3.05) is 6.54 Å². The number of amides is 1. The van der Waals surface area contributed by atoms with E-state index in [1.807, 2.05) is 0 Å². The van der Waals surface area contributed by atoms with Crippen LogP contribution in [0.1, 0.15) is 26.2 Å². The minimum Gasteiger partial charge on any atom is -0.326 e. The molecule has 3 heteroatoms. The van der Waals surface area contributed by atoms with Crippen LogP contribution in [0, 0.1) is 0 Å². The number of nitrogens with zero attached hydrogens (tertiary/aromatic N) is 1. The van der Waals surface area contributed by atoms with Crippen LogP contribution in [0.4, 0.5) is 4.79 Å². The normalized spacial score (nSPS) is 25.4. The summed E-state index contributed by atoms with van der Waals surface area (Å²) in [7, 11) is 0. The third-order valence-electron chi connectivity index (χ3n) is 2.07. The number of hydrogen-bond donors (Lipinski definition) is 0. The Kier molecular flexibility index (Phi) is 2.55. The Balaban J connectivity index is 2.50. The molecule has 0 N–H and O–H groups in total. The Hall–Kier alpha value is -0.240. The summed E-state index contributed by atoms with van der Waals surface area (Å²) < 4.78 is 0. The van der Waals surface area contributed by atoms with Crippen molar-refractivity contribution in [3.63, 3.8) is 0 Å². The van der Waals surface area contributed by atoms with Crippen LogP contribution in [0.5, 0.6) is 0 Å². The Morgan fingerprint density at radius 2 is 2.50 bits per heavy atom. The van der Waals surface area contributed by atoms with Gasteiger partial charge >= 0.3 is 5.37 Å². The van der Waals surface area contributed by atoms with Crippen LogP contribution in [-0.4, -0.2) is 22.9 Å². The number of likely N-dealkylation sites (tertiary alicyclic amines) is 1. The highest BCUT2D eigenvalue weighted by atomic mass is 35.5. The van der Waals surface area contributed by atoms with E-state index in [1.54, 1.807) is 4.90 Å². The van der Waals surface area contributed by atoms with E-state index in [1.165, 1.54) is 0 Å². The van der Waals surface area contributed by atoms with Gasteiger partial charge < -0.3 is 4.90 Å². The Morgan fingerprint density at radius 3 is 2.90 bits per heavy atom. The first kappa shape index (κ1) is 7.86. The molecule has 58 valence electrons. The summed E-state index contributed by atoms with van der Waals surface area (Å²) in [6, 6.07) is 0.407. The number of carbonyl (C=O) groups is 1. The second-order valence-electron chi connectivity index (χ2n) is 2.65. The monoisotopic (exact) mass is 161 g/mol. The molecule has 1 rings (SSSR count). The summed E-state index contributed by atoms with van der Waals surface area (Å²) in [5.41, 5.74) is 0. The molecule has 0 aliphatic carbocycles. The van der Waals surface area contributed by atoms with Crippen LogP contribution in [0.15, 0.2) is 0 Å². The fourth-order valence-corrected chi connectivity index (χ4v) is 1.71. The quantitative estimate of drug-likeness (QED) is 0.427. The van der Waals surface area contributed by atoms with E-state index in [9.17, 15) is 4.79 Å². The predicted octanol–water partition coefficient (Wildman–Crippen LogP) is 2.22. The number of carbonyl (C=O) groups excluding carboxylic acids is 1. The van der Waals surface area contributed by atoms with Gasteiger partial charge in [-0.2, -0.15) is 0 Å². The van der Waals surface area contributed by atoms with Crippen LogP contribution < -0.4 is 0 Å². The molecule has 0 radical (unpaired) electrons. The third kappa shape index (κ3) is 1.43. The molecule has 0 aromatic rings. The molecule has 10 heavy (non-hydrogen) atoms. The van der Waals surface area contributed by atoms with Gasteiger partial charge in [-0.3, -0.25) is 4.79 Å². The number of hydrogen-bond acceptors (Lipinski definition) is 1.